The summed E-state index contributed by atoms with van der Waals surface area (Å²) >= 11 is 0. The molecule has 9 heteroatoms. The number of hydrogen-bond acceptors (Lipinski definition) is 8. The number of carbonyl (C=O) groups is 4. The number of hydrogen-bond donors (Lipinski definition) is 0. The summed E-state index contributed by atoms with van der Waals surface area (Å²) in [6.45, 7) is 16.5. The van der Waals surface area contributed by atoms with Crippen molar-refractivity contribution in [3.05, 3.63) is 38.2 Å². The van der Waals surface area contributed by atoms with E-state index in [1.54, 1.807) is 0 Å². The molecular weight excluding hydrogens is 655 g/mol. The van der Waals surface area contributed by atoms with Crippen LogP contribution in [0.4, 0.5) is 0 Å². The Morgan fingerprint density at radius 2 is 0.744 bits per heavy atom. The predicted molar refractivity (Wildman–Crippen MR) is 172 cm³/mol. The summed E-state index contributed by atoms with van der Waals surface area (Å²) < 4.78 is 9.61. The molecule has 0 N–H and O–H groups in total. The van der Waals surface area contributed by atoms with Gasteiger partial charge in [-0.1, -0.05) is 144 Å². The van der Waals surface area contributed by atoms with Crippen LogP contribution in [-0.2, 0) is 28.7 Å². The van der Waals surface area contributed by atoms with E-state index < -0.39 is 23.9 Å². The maximum atomic E-state index is 10.9. The zero-order valence-corrected chi connectivity index (χ0v) is 30.5. The van der Waals surface area contributed by atoms with E-state index in [0.29, 0.717) is 25.4 Å². The zero-order valence-electron chi connectivity index (χ0n) is 27.6. The number of carboxylic acids is 2. The Morgan fingerprint density at radius 1 is 0.488 bits per heavy atom. The van der Waals surface area contributed by atoms with E-state index in [1.165, 1.54) is 64.2 Å². The van der Waals surface area contributed by atoms with Crippen molar-refractivity contribution in [2.45, 2.75) is 143 Å². The maximum Gasteiger partial charge on any atom is 2.00 e. The van der Waals surface area contributed by atoms with Crippen molar-refractivity contribution >= 4 is 47.8 Å². The molecule has 0 heterocycles. The number of rotatable bonds is 22. The van der Waals surface area contributed by atoms with Gasteiger partial charge in [-0.2, -0.15) is 0 Å². The third kappa shape index (κ3) is 64.3. The molecule has 0 aromatic carbocycles. The topological polar surface area (TPSA) is 133 Å². The molecule has 0 aliphatic rings. The molecular formula is C34H60O8Sn. The van der Waals surface area contributed by atoms with E-state index in [4.69, 9.17) is 9.47 Å². The average Bonchev–Trinajstić information content (AvgIpc) is 2.98. The van der Waals surface area contributed by atoms with Gasteiger partial charge in [-0.25, -0.2) is 9.59 Å². The molecule has 0 aromatic rings. The Labute approximate surface area is 280 Å². The Hall–Kier alpha value is -1.84. The van der Waals surface area contributed by atoms with Crippen molar-refractivity contribution in [3.63, 3.8) is 0 Å². The molecule has 0 amide bonds. The third-order valence-corrected chi connectivity index (χ3v) is 5.40. The standard InChI is InChI=1S/2C13H22O4.2C4H9.Sn/c2*1-2-3-4-5-6-7-8-11-17-13(16)10-9-12(14)15;2*1-3-4-2;/h2*9-10H,2-8,11H2,1H3,(H,14,15);2*1,3-4H2,2H3;/q;;;;+2/p-2/b2*10-9-;;;. The first-order valence-corrected chi connectivity index (χ1v) is 15.9. The number of carboxylic acid groups (broad SMARTS) is 2. The first-order valence-electron chi connectivity index (χ1n) is 15.9. The second-order valence-corrected chi connectivity index (χ2v) is 9.59. The molecule has 4 radical (unpaired) electrons. The van der Waals surface area contributed by atoms with Crippen molar-refractivity contribution in [1.82, 2.24) is 0 Å². The number of unbranched alkanes of at least 4 members (excludes halogenated alkanes) is 14. The van der Waals surface area contributed by atoms with Crippen LogP contribution in [0.25, 0.3) is 0 Å². The predicted octanol–water partition coefficient (Wildman–Crippen LogP) is 6.03. The van der Waals surface area contributed by atoms with Crippen LogP contribution in [0, 0.1) is 13.8 Å². The van der Waals surface area contributed by atoms with Gasteiger partial charge in [0, 0.05) is 12.2 Å². The zero-order chi connectivity index (χ0) is 32.7. The van der Waals surface area contributed by atoms with Gasteiger partial charge in [-0.3, -0.25) is 0 Å². The molecule has 0 aromatic heterocycles. The molecule has 0 saturated carbocycles. The van der Waals surface area contributed by atoms with Crippen LogP contribution in [0.3, 0.4) is 0 Å². The number of carbonyl (C=O) groups excluding carboxylic acids is 4. The van der Waals surface area contributed by atoms with Crippen molar-refractivity contribution in [3.8, 4) is 0 Å². The Balaban J connectivity index is -0.000000175. The summed E-state index contributed by atoms with van der Waals surface area (Å²) in [5.41, 5.74) is 0. The molecule has 0 saturated heterocycles. The van der Waals surface area contributed by atoms with Crippen molar-refractivity contribution in [1.29, 1.82) is 0 Å². The smallest absolute Gasteiger partial charge is 0.545 e. The fourth-order valence-electron chi connectivity index (χ4n) is 2.83. The maximum absolute atomic E-state index is 10.9. The van der Waals surface area contributed by atoms with Gasteiger partial charge in [0.25, 0.3) is 0 Å². The quantitative estimate of drug-likeness (QED) is 0.0575. The molecule has 0 rings (SSSR count). The molecule has 0 aliphatic heterocycles. The fraction of sp³-hybridized carbons (Fsp3) is 0.706. The van der Waals surface area contributed by atoms with E-state index in [9.17, 15) is 29.4 Å². The van der Waals surface area contributed by atoms with E-state index >= 15 is 0 Å². The molecule has 8 nitrogen and oxygen atoms in total. The van der Waals surface area contributed by atoms with E-state index in [0.717, 1.165) is 63.5 Å². The Bertz CT molecular complexity index is 603. The second-order valence-electron chi connectivity index (χ2n) is 9.59. The second kappa shape index (κ2) is 47.1. The Kier molecular flexibility index (Phi) is 55.6. The van der Waals surface area contributed by atoms with Gasteiger partial charge in [-0.05, 0) is 25.0 Å². The molecule has 43 heavy (non-hydrogen) atoms. The van der Waals surface area contributed by atoms with Gasteiger partial charge in [0.15, 0.2) is 0 Å². The van der Waals surface area contributed by atoms with Crippen LogP contribution in [-0.4, -0.2) is 61.0 Å². The van der Waals surface area contributed by atoms with Gasteiger partial charge in [0.2, 0.25) is 0 Å². The van der Waals surface area contributed by atoms with E-state index in [1.807, 2.05) is 0 Å². The monoisotopic (exact) mass is 716 g/mol. The first-order chi connectivity index (χ1) is 20.2. The first kappa shape index (κ1) is 50.8. The van der Waals surface area contributed by atoms with Crippen LogP contribution >= 0.6 is 0 Å². The summed E-state index contributed by atoms with van der Waals surface area (Å²) in [6, 6.07) is 0. The summed E-state index contributed by atoms with van der Waals surface area (Å²) in [7, 11) is 0. The Morgan fingerprint density at radius 3 is 0.977 bits per heavy atom. The van der Waals surface area contributed by atoms with Gasteiger partial charge < -0.3 is 29.3 Å². The van der Waals surface area contributed by atoms with Crippen LogP contribution < -0.4 is 10.2 Å². The van der Waals surface area contributed by atoms with Crippen LogP contribution in [0.5, 0.6) is 0 Å². The SMILES string of the molecule is CCCCCCCCCOC(=O)/C=C\C(=O)[O-].CCCCCCCCCOC(=O)/C=C\C(=O)[O-].[CH2]CCC.[CH2]CCC.[Sn+2]. The molecule has 0 unspecified atom stereocenters. The minimum atomic E-state index is -1.39. The fourth-order valence-corrected chi connectivity index (χ4v) is 2.83. The van der Waals surface area contributed by atoms with Gasteiger partial charge in [0.1, 0.15) is 0 Å². The van der Waals surface area contributed by atoms with Gasteiger partial charge in [-0.15, -0.1) is 0 Å². The minimum Gasteiger partial charge on any atom is -0.545 e. The van der Waals surface area contributed by atoms with Crippen LogP contribution in [0.2, 0.25) is 0 Å². The largest absolute Gasteiger partial charge is 2.00 e. The third-order valence-electron chi connectivity index (χ3n) is 5.40. The van der Waals surface area contributed by atoms with Crippen LogP contribution in [0.1, 0.15) is 143 Å². The average molecular weight is 716 g/mol. The number of aliphatic carboxylic acids is 2. The summed E-state index contributed by atoms with van der Waals surface area (Å²) in [5, 5.41) is 20.0. The number of esters is 2. The molecule has 0 spiro atoms. The number of ether oxygens (including phenoxy) is 2. The van der Waals surface area contributed by atoms with Crippen LogP contribution in [0.15, 0.2) is 24.3 Å². The van der Waals surface area contributed by atoms with Crippen molar-refractivity contribution < 1.29 is 38.9 Å². The normalized spacial score (nSPS) is 9.81. The van der Waals surface area contributed by atoms with E-state index in [2.05, 4.69) is 41.5 Å². The molecule has 0 bridgehead atoms. The molecule has 0 atom stereocenters. The molecule has 248 valence electrons. The summed E-state index contributed by atoms with van der Waals surface area (Å²) in [5.74, 6) is -4.03. The van der Waals surface area contributed by atoms with Crippen molar-refractivity contribution in [2.75, 3.05) is 13.2 Å². The summed E-state index contributed by atoms with van der Waals surface area (Å²) in [4.78, 5) is 41.8. The van der Waals surface area contributed by atoms with Gasteiger partial charge >= 0.3 is 35.8 Å². The van der Waals surface area contributed by atoms with E-state index in [-0.39, 0.29) is 23.9 Å². The molecule has 0 aliphatic carbocycles. The van der Waals surface area contributed by atoms with Crippen molar-refractivity contribution in [2.24, 2.45) is 0 Å². The molecule has 0 fully saturated rings. The minimum absolute atomic E-state index is 0. The summed E-state index contributed by atoms with van der Waals surface area (Å²) in [6.07, 6.45) is 23.7. The van der Waals surface area contributed by atoms with Gasteiger partial charge in [0.05, 0.1) is 25.2 Å².